The SMILES string of the molecule is CCCC1COC(CBr)(c2ccc([N+](=O)[O-])cc2Cl)O1. The van der Waals surface area contributed by atoms with Gasteiger partial charge in [-0.1, -0.05) is 40.9 Å². The lowest BCUT2D eigenvalue weighted by Gasteiger charge is -2.27. The molecule has 0 N–H and O–H groups in total. The highest BCUT2D eigenvalue weighted by Gasteiger charge is 2.43. The van der Waals surface area contributed by atoms with Crippen molar-refractivity contribution in [1.82, 2.24) is 0 Å². The molecule has 2 atom stereocenters. The molecule has 1 aromatic carbocycles. The van der Waals surface area contributed by atoms with Gasteiger partial charge in [-0.15, -0.1) is 0 Å². The molecule has 1 heterocycles. The highest BCUT2D eigenvalue weighted by Crippen LogP contribution is 2.41. The molecule has 2 unspecified atom stereocenters. The van der Waals surface area contributed by atoms with Crippen molar-refractivity contribution in [2.24, 2.45) is 0 Å². The topological polar surface area (TPSA) is 61.6 Å². The van der Waals surface area contributed by atoms with Crippen LogP contribution in [0, 0.1) is 10.1 Å². The van der Waals surface area contributed by atoms with Gasteiger partial charge in [-0.2, -0.15) is 0 Å². The summed E-state index contributed by atoms with van der Waals surface area (Å²) >= 11 is 9.55. The molecule has 1 aliphatic heterocycles. The van der Waals surface area contributed by atoms with Gasteiger partial charge in [0.15, 0.2) is 0 Å². The van der Waals surface area contributed by atoms with E-state index in [-0.39, 0.29) is 16.8 Å². The second-order valence-corrected chi connectivity index (χ2v) is 5.62. The number of hydrogen-bond donors (Lipinski definition) is 0. The van der Waals surface area contributed by atoms with Crippen molar-refractivity contribution in [3.63, 3.8) is 0 Å². The van der Waals surface area contributed by atoms with E-state index >= 15 is 0 Å². The average Bonchev–Trinajstić information content (AvgIpc) is 2.83. The number of nitro groups is 1. The molecular weight excluding hydrogens is 350 g/mol. The molecule has 0 spiro atoms. The van der Waals surface area contributed by atoms with Crippen molar-refractivity contribution >= 4 is 33.2 Å². The molecule has 1 aliphatic rings. The molecule has 5 nitrogen and oxygen atoms in total. The summed E-state index contributed by atoms with van der Waals surface area (Å²) in [5.41, 5.74) is 0.562. The molecule has 0 saturated carbocycles. The lowest BCUT2D eigenvalue weighted by Crippen LogP contribution is -2.30. The maximum Gasteiger partial charge on any atom is 0.270 e. The number of nitrogens with zero attached hydrogens (tertiary/aromatic N) is 1. The van der Waals surface area contributed by atoms with Crippen LogP contribution >= 0.6 is 27.5 Å². The minimum atomic E-state index is -0.966. The predicted molar refractivity (Wildman–Crippen MR) is 79.3 cm³/mol. The van der Waals surface area contributed by atoms with Gasteiger partial charge in [0.25, 0.3) is 5.69 Å². The molecule has 110 valence electrons. The van der Waals surface area contributed by atoms with Gasteiger partial charge in [-0.05, 0) is 12.5 Å². The first-order chi connectivity index (χ1) is 9.52. The molecule has 0 aliphatic carbocycles. The van der Waals surface area contributed by atoms with Gasteiger partial charge in [0, 0.05) is 17.7 Å². The van der Waals surface area contributed by atoms with Gasteiger partial charge in [0.05, 0.1) is 28.0 Å². The van der Waals surface area contributed by atoms with Crippen LogP contribution in [0.2, 0.25) is 5.02 Å². The predicted octanol–water partition coefficient (Wildman–Crippen LogP) is 4.01. The third-order valence-corrected chi connectivity index (χ3v) is 4.27. The number of nitro benzene ring substituents is 1. The summed E-state index contributed by atoms with van der Waals surface area (Å²) < 4.78 is 11.8. The molecule has 1 saturated heterocycles. The fourth-order valence-electron chi connectivity index (χ4n) is 2.24. The summed E-state index contributed by atoms with van der Waals surface area (Å²) in [5, 5.41) is 11.4. The third kappa shape index (κ3) is 2.98. The molecule has 0 aromatic heterocycles. The van der Waals surface area contributed by atoms with Gasteiger partial charge < -0.3 is 9.47 Å². The largest absolute Gasteiger partial charge is 0.342 e. The van der Waals surface area contributed by atoms with E-state index < -0.39 is 10.7 Å². The molecule has 0 radical (unpaired) electrons. The molecule has 1 fully saturated rings. The van der Waals surface area contributed by atoms with Crippen LogP contribution in [0.4, 0.5) is 5.69 Å². The van der Waals surface area contributed by atoms with E-state index in [0.29, 0.717) is 17.5 Å². The highest BCUT2D eigenvalue weighted by atomic mass is 79.9. The van der Waals surface area contributed by atoms with Crippen molar-refractivity contribution in [2.45, 2.75) is 31.7 Å². The highest BCUT2D eigenvalue weighted by molar-refractivity contribution is 9.09. The molecule has 2 rings (SSSR count). The van der Waals surface area contributed by atoms with Gasteiger partial charge >= 0.3 is 0 Å². The zero-order valence-corrected chi connectivity index (χ0v) is 13.3. The molecule has 0 amide bonds. The second kappa shape index (κ2) is 6.39. The van der Waals surface area contributed by atoms with Crippen LogP contribution in [0.5, 0.6) is 0 Å². The fourth-order valence-corrected chi connectivity index (χ4v) is 3.15. The zero-order valence-electron chi connectivity index (χ0n) is 11.0. The Morgan fingerprint density at radius 2 is 2.35 bits per heavy atom. The van der Waals surface area contributed by atoms with Gasteiger partial charge in [0.2, 0.25) is 5.79 Å². The van der Waals surface area contributed by atoms with Crippen LogP contribution in [0.3, 0.4) is 0 Å². The van der Waals surface area contributed by atoms with E-state index in [1.54, 1.807) is 6.07 Å². The number of ether oxygens (including phenoxy) is 2. The van der Waals surface area contributed by atoms with Crippen molar-refractivity contribution in [3.8, 4) is 0 Å². The lowest BCUT2D eigenvalue weighted by molar-refractivity contribution is -0.384. The van der Waals surface area contributed by atoms with Gasteiger partial charge in [0.1, 0.15) is 0 Å². The number of non-ortho nitro benzene ring substituents is 1. The third-order valence-electron chi connectivity index (χ3n) is 3.22. The summed E-state index contributed by atoms with van der Waals surface area (Å²) in [4.78, 5) is 10.3. The van der Waals surface area contributed by atoms with E-state index in [1.807, 2.05) is 0 Å². The zero-order chi connectivity index (χ0) is 14.8. The van der Waals surface area contributed by atoms with Crippen LogP contribution in [0.15, 0.2) is 18.2 Å². The quantitative estimate of drug-likeness (QED) is 0.450. The van der Waals surface area contributed by atoms with Crippen molar-refractivity contribution < 1.29 is 14.4 Å². The summed E-state index contributed by atoms with van der Waals surface area (Å²) in [6.07, 6.45) is 1.92. The van der Waals surface area contributed by atoms with E-state index in [0.717, 1.165) is 12.8 Å². The molecule has 0 bridgehead atoms. The van der Waals surface area contributed by atoms with Crippen LogP contribution in [-0.4, -0.2) is 23.0 Å². The second-order valence-electron chi connectivity index (χ2n) is 4.65. The Bertz CT molecular complexity index is 513. The van der Waals surface area contributed by atoms with E-state index in [9.17, 15) is 10.1 Å². The Hall–Kier alpha value is -0.690. The Kier molecular flexibility index (Phi) is 5.01. The van der Waals surface area contributed by atoms with E-state index in [1.165, 1.54) is 12.1 Å². The molecule has 7 heteroatoms. The fraction of sp³-hybridized carbons (Fsp3) is 0.538. The molecular formula is C13H15BrClNO4. The first-order valence-electron chi connectivity index (χ1n) is 6.34. The number of benzene rings is 1. The molecule has 1 aromatic rings. The minimum absolute atomic E-state index is 0.0174. The Morgan fingerprint density at radius 3 is 2.90 bits per heavy atom. The maximum absolute atomic E-state index is 10.7. The maximum atomic E-state index is 10.7. The number of rotatable bonds is 5. The lowest BCUT2D eigenvalue weighted by atomic mass is 10.1. The monoisotopic (exact) mass is 363 g/mol. The minimum Gasteiger partial charge on any atom is -0.342 e. The van der Waals surface area contributed by atoms with Crippen LogP contribution in [-0.2, 0) is 15.3 Å². The Balaban J connectivity index is 2.31. The first-order valence-corrected chi connectivity index (χ1v) is 7.84. The standard InChI is InChI=1S/C13H15BrClNO4/c1-2-3-10-7-19-13(8-14,20-10)11-5-4-9(16(17)18)6-12(11)15/h4-6,10H,2-3,7-8H2,1H3. The van der Waals surface area contributed by atoms with Gasteiger partial charge in [-0.25, -0.2) is 0 Å². The Labute approximate surface area is 130 Å². The van der Waals surface area contributed by atoms with Crippen molar-refractivity contribution in [3.05, 3.63) is 38.9 Å². The van der Waals surface area contributed by atoms with Crippen molar-refractivity contribution in [2.75, 3.05) is 11.9 Å². The van der Waals surface area contributed by atoms with Crippen LogP contribution < -0.4 is 0 Å². The number of hydrogen-bond acceptors (Lipinski definition) is 4. The summed E-state index contributed by atoms with van der Waals surface area (Å²) in [6, 6.07) is 4.32. The first kappa shape index (κ1) is 15.7. The summed E-state index contributed by atoms with van der Waals surface area (Å²) in [6.45, 7) is 2.57. The van der Waals surface area contributed by atoms with Crippen LogP contribution in [0.1, 0.15) is 25.3 Å². The number of alkyl halides is 1. The smallest absolute Gasteiger partial charge is 0.270 e. The average molecular weight is 365 g/mol. The normalized spacial score (nSPS) is 25.9. The van der Waals surface area contributed by atoms with E-state index in [4.69, 9.17) is 21.1 Å². The van der Waals surface area contributed by atoms with Crippen molar-refractivity contribution in [1.29, 1.82) is 0 Å². The Morgan fingerprint density at radius 1 is 1.60 bits per heavy atom. The van der Waals surface area contributed by atoms with Crippen LogP contribution in [0.25, 0.3) is 0 Å². The van der Waals surface area contributed by atoms with E-state index in [2.05, 4.69) is 22.9 Å². The number of halogens is 2. The summed E-state index contributed by atoms with van der Waals surface area (Å²) in [7, 11) is 0. The summed E-state index contributed by atoms with van der Waals surface area (Å²) in [5.74, 6) is -0.966. The molecule has 20 heavy (non-hydrogen) atoms. The van der Waals surface area contributed by atoms with Gasteiger partial charge in [-0.3, -0.25) is 10.1 Å².